The highest BCUT2D eigenvalue weighted by Crippen LogP contribution is 2.20. The summed E-state index contributed by atoms with van der Waals surface area (Å²) in [6, 6.07) is 0. The number of nitrogens with zero attached hydrogens (tertiary/aromatic N) is 1. The number of hydrogen-bond donors (Lipinski definition) is 2. The van der Waals surface area contributed by atoms with Gasteiger partial charge in [0.1, 0.15) is 5.60 Å². The van der Waals surface area contributed by atoms with Crippen LogP contribution in [0.5, 0.6) is 0 Å². The summed E-state index contributed by atoms with van der Waals surface area (Å²) >= 11 is 0. The van der Waals surface area contributed by atoms with Crippen molar-refractivity contribution in [1.29, 1.82) is 0 Å². The summed E-state index contributed by atoms with van der Waals surface area (Å²) in [5.41, 5.74) is -1.05. The Morgan fingerprint density at radius 2 is 2.11 bits per heavy atom. The van der Waals surface area contributed by atoms with E-state index in [2.05, 4.69) is 11.6 Å². The fourth-order valence-electron chi connectivity index (χ4n) is 2.28. The molecular weight excluding hydrogens is 256 g/mol. The third-order valence-corrected chi connectivity index (χ3v) is 5.30. The SMILES string of the molecule is CC1CCN(S(=O)(=O)NCC2(O)CCOC2)CC1. The summed E-state index contributed by atoms with van der Waals surface area (Å²) < 4.78 is 33.2. The lowest BCUT2D eigenvalue weighted by molar-refractivity contribution is 0.0311. The van der Waals surface area contributed by atoms with Gasteiger partial charge in [0, 0.05) is 32.7 Å². The van der Waals surface area contributed by atoms with Gasteiger partial charge in [0.05, 0.1) is 6.61 Å². The molecule has 0 aliphatic carbocycles. The Bertz CT molecular complexity index is 371. The Morgan fingerprint density at radius 3 is 2.67 bits per heavy atom. The molecule has 6 nitrogen and oxygen atoms in total. The van der Waals surface area contributed by atoms with Crippen molar-refractivity contribution < 1.29 is 18.3 Å². The van der Waals surface area contributed by atoms with Crippen LogP contribution in [0, 0.1) is 5.92 Å². The molecule has 0 aromatic heterocycles. The average molecular weight is 278 g/mol. The van der Waals surface area contributed by atoms with Crippen LogP contribution in [0.1, 0.15) is 26.2 Å². The third-order valence-electron chi connectivity index (χ3n) is 3.75. The maximum absolute atomic E-state index is 12.1. The first-order valence-electron chi connectivity index (χ1n) is 6.46. The van der Waals surface area contributed by atoms with Gasteiger partial charge in [-0.1, -0.05) is 6.92 Å². The Labute approximate surface area is 108 Å². The quantitative estimate of drug-likeness (QED) is 0.740. The molecule has 0 amide bonds. The molecule has 2 heterocycles. The van der Waals surface area contributed by atoms with Crippen LogP contribution in [0.15, 0.2) is 0 Å². The van der Waals surface area contributed by atoms with Gasteiger partial charge in [-0.15, -0.1) is 0 Å². The van der Waals surface area contributed by atoms with Crippen LogP contribution < -0.4 is 4.72 Å². The van der Waals surface area contributed by atoms with Gasteiger partial charge < -0.3 is 9.84 Å². The van der Waals surface area contributed by atoms with Crippen LogP contribution in [0.25, 0.3) is 0 Å². The lowest BCUT2D eigenvalue weighted by Gasteiger charge is -2.30. The first-order chi connectivity index (χ1) is 8.41. The van der Waals surface area contributed by atoms with E-state index in [1.807, 2.05) is 0 Å². The van der Waals surface area contributed by atoms with Gasteiger partial charge >= 0.3 is 0 Å². The van der Waals surface area contributed by atoms with Crippen molar-refractivity contribution in [2.75, 3.05) is 32.8 Å². The molecule has 2 saturated heterocycles. The number of hydrogen-bond acceptors (Lipinski definition) is 4. The van der Waals surface area contributed by atoms with Crippen LogP contribution in [-0.4, -0.2) is 56.3 Å². The topological polar surface area (TPSA) is 78.9 Å². The van der Waals surface area contributed by atoms with E-state index in [9.17, 15) is 13.5 Å². The van der Waals surface area contributed by atoms with E-state index in [0.29, 0.717) is 32.0 Å². The minimum atomic E-state index is -3.46. The van der Waals surface area contributed by atoms with Gasteiger partial charge in [-0.3, -0.25) is 0 Å². The van der Waals surface area contributed by atoms with Gasteiger partial charge in [-0.2, -0.15) is 17.4 Å². The van der Waals surface area contributed by atoms with E-state index in [0.717, 1.165) is 12.8 Å². The van der Waals surface area contributed by atoms with Crippen LogP contribution >= 0.6 is 0 Å². The zero-order valence-corrected chi connectivity index (χ0v) is 11.6. The second kappa shape index (κ2) is 5.42. The highest BCUT2D eigenvalue weighted by Gasteiger charge is 2.35. The van der Waals surface area contributed by atoms with E-state index < -0.39 is 15.8 Å². The molecule has 0 bridgehead atoms. The molecule has 0 radical (unpaired) electrons. The molecule has 2 N–H and O–H groups in total. The Hall–Kier alpha value is -0.210. The number of aliphatic hydroxyl groups is 1. The van der Waals surface area contributed by atoms with E-state index in [1.165, 1.54) is 4.31 Å². The third kappa shape index (κ3) is 3.42. The molecule has 1 atom stereocenters. The van der Waals surface area contributed by atoms with E-state index in [-0.39, 0.29) is 13.2 Å². The van der Waals surface area contributed by atoms with Gasteiger partial charge in [-0.05, 0) is 18.8 Å². The lowest BCUT2D eigenvalue weighted by Crippen LogP contribution is -2.50. The van der Waals surface area contributed by atoms with Gasteiger partial charge in [0.15, 0.2) is 0 Å². The molecule has 2 rings (SSSR count). The monoisotopic (exact) mass is 278 g/mol. The van der Waals surface area contributed by atoms with Crippen molar-refractivity contribution in [3.63, 3.8) is 0 Å². The van der Waals surface area contributed by atoms with Gasteiger partial charge in [-0.25, -0.2) is 0 Å². The minimum absolute atomic E-state index is 0.0292. The summed E-state index contributed by atoms with van der Waals surface area (Å²) in [5, 5.41) is 10.0. The maximum Gasteiger partial charge on any atom is 0.279 e. The molecule has 2 aliphatic heterocycles. The number of piperidine rings is 1. The summed E-state index contributed by atoms with van der Waals surface area (Å²) in [6.45, 7) is 3.97. The molecule has 2 aliphatic rings. The van der Waals surface area contributed by atoms with Crippen molar-refractivity contribution in [2.45, 2.75) is 31.8 Å². The van der Waals surface area contributed by atoms with Crippen LogP contribution in [-0.2, 0) is 14.9 Å². The molecule has 0 saturated carbocycles. The number of ether oxygens (including phenoxy) is 1. The Kier molecular flexibility index (Phi) is 4.28. The predicted octanol–water partition coefficient (Wildman–Crippen LogP) is -0.296. The van der Waals surface area contributed by atoms with Crippen molar-refractivity contribution in [3.05, 3.63) is 0 Å². The first kappa shape index (κ1) is 14.2. The number of nitrogens with one attached hydrogen (secondary N) is 1. The van der Waals surface area contributed by atoms with Crippen molar-refractivity contribution >= 4 is 10.2 Å². The van der Waals surface area contributed by atoms with Crippen molar-refractivity contribution in [2.24, 2.45) is 5.92 Å². The molecule has 18 heavy (non-hydrogen) atoms. The first-order valence-corrected chi connectivity index (χ1v) is 7.90. The lowest BCUT2D eigenvalue weighted by atomic mass is 10.0. The average Bonchev–Trinajstić information content (AvgIpc) is 2.75. The fraction of sp³-hybridized carbons (Fsp3) is 1.00. The smallest absolute Gasteiger partial charge is 0.279 e. The Balaban J connectivity index is 1.87. The van der Waals surface area contributed by atoms with E-state index in [4.69, 9.17) is 4.74 Å². The molecule has 0 spiro atoms. The van der Waals surface area contributed by atoms with E-state index >= 15 is 0 Å². The molecule has 0 aromatic rings. The highest BCUT2D eigenvalue weighted by atomic mass is 32.2. The summed E-state index contributed by atoms with van der Waals surface area (Å²) in [5.74, 6) is 0.587. The predicted molar refractivity (Wildman–Crippen MR) is 67.3 cm³/mol. The molecule has 7 heteroatoms. The summed E-state index contributed by atoms with van der Waals surface area (Å²) in [6.07, 6.45) is 2.27. The van der Waals surface area contributed by atoms with Gasteiger partial charge in [0.2, 0.25) is 0 Å². The second-order valence-electron chi connectivity index (χ2n) is 5.43. The number of rotatable bonds is 4. The molecular formula is C11H22N2O4S. The van der Waals surface area contributed by atoms with Gasteiger partial charge in [0.25, 0.3) is 10.2 Å². The molecule has 1 unspecified atom stereocenters. The van der Waals surface area contributed by atoms with Crippen LogP contribution in [0.4, 0.5) is 0 Å². The standard InChI is InChI=1S/C11H22N2O4S/c1-10-2-5-13(6-3-10)18(15,16)12-8-11(14)4-7-17-9-11/h10,12,14H,2-9H2,1H3. The Morgan fingerprint density at radius 1 is 1.44 bits per heavy atom. The summed E-state index contributed by atoms with van der Waals surface area (Å²) in [7, 11) is -3.46. The second-order valence-corrected chi connectivity index (χ2v) is 7.19. The largest absolute Gasteiger partial charge is 0.386 e. The minimum Gasteiger partial charge on any atom is -0.386 e. The molecule has 2 fully saturated rings. The summed E-state index contributed by atoms with van der Waals surface area (Å²) in [4.78, 5) is 0. The van der Waals surface area contributed by atoms with Crippen LogP contribution in [0.2, 0.25) is 0 Å². The van der Waals surface area contributed by atoms with E-state index in [1.54, 1.807) is 0 Å². The molecule has 106 valence electrons. The normalized spacial score (nSPS) is 31.9. The fourth-order valence-corrected chi connectivity index (χ4v) is 3.60. The zero-order valence-electron chi connectivity index (χ0n) is 10.8. The molecule has 0 aromatic carbocycles. The highest BCUT2D eigenvalue weighted by molar-refractivity contribution is 7.87. The van der Waals surface area contributed by atoms with Crippen molar-refractivity contribution in [1.82, 2.24) is 9.03 Å². The van der Waals surface area contributed by atoms with Crippen LogP contribution in [0.3, 0.4) is 0 Å². The van der Waals surface area contributed by atoms with Crippen molar-refractivity contribution in [3.8, 4) is 0 Å². The zero-order chi connectivity index (χ0) is 13.2. The maximum atomic E-state index is 12.1.